The first-order valence-electron chi connectivity index (χ1n) is 10.4. The number of carbonyl (C=O) groups is 1. The van der Waals surface area contributed by atoms with Crippen LogP contribution in [-0.4, -0.2) is 56.2 Å². The number of hydrogen-bond donors (Lipinski definition) is 0. The van der Waals surface area contributed by atoms with Crippen molar-refractivity contribution in [3.05, 3.63) is 47.0 Å². The Morgan fingerprint density at radius 3 is 2.48 bits per heavy atom. The van der Waals surface area contributed by atoms with E-state index in [1.807, 2.05) is 46.1 Å². The molecule has 3 rings (SSSR count). The summed E-state index contributed by atoms with van der Waals surface area (Å²) in [5.74, 6) is 1.07. The normalized spacial score (nSPS) is 11.2. The number of rotatable bonds is 10. The lowest BCUT2D eigenvalue weighted by atomic mass is 10.1. The molecule has 1 amide bonds. The van der Waals surface area contributed by atoms with E-state index in [4.69, 9.17) is 21.1 Å². The lowest BCUT2D eigenvalue weighted by Crippen LogP contribution is -2.33. The van der Waals surface area contributed by atoms with Crippen LogP contribution in [0.15, 0.2) is 36.4 Å². The first kappa shape index (κ1) is 23.3. The van der Waals surface area contributed by atoms with Gasteiger partial charge >= 0.3 is 0 Å². The fourth-order valence-corrected chi connectivity index (χ4v) is 4.48. The predicted molar refractivity (Wildman–Crippen MR) is 128 cm³/mol. The second kappa shape index (κ2) is 10.8. The standard InChI is InChI=1S/C23H28ClN3O3S/c1-5-29-18-12-11-16(15-19(18)30-6-2)22(28)27(14-8-13-26(3)4)23-25-21-17(24)9-7-10-20(21)31-23/h7,9-12,15H,5-6,8,13-14H2,1-4H3. The number of benzene rings is 2. The Labute approximate surface area is 192 Å². The fourth-order valence-electron chi connectivity index (χ4n) is 3.19. The van der Waals surface area contributed by atoms with E-state index >= 15 is 0 Å². The Bertz CT molecular complexity index is 1040. The van der Waals surface area contributed by atoms with Crippen LogP contribution in [0.4, 0.5) is 5.13 Å². The molecule has 8 heteroatoms. The molecule has 0 N–H and O–H groups in total. The van der Waals surface area contributed by atoms with Gasteiger partial charge in [0, 0.05) is 12.1 Å². The average molecular weight is 462 g/mol. The number of fused-ring (bicyclic) bond motifs is 1. The number of carbonyl (C=O) groups excluding carboxylic acids is 1. The van der Waals surface area contributed by atoms with Gasteiger partial charge in [-0.3, -0.25) is 9.69 Å². The first-order valence-corrected chi connectivity index (χ1v) is 11.5. The molecule has 0 saturated carbocycles. The summed E-state index contributed by atoms with van der Waals surface area (Å²) in [6.07, 6.45) is 0.817. The van der Waals surface area contributed by atoms with Gasteiger partial charge < -0.3 is 14.4 Å². The highest BCUT2D eigenvalue weighted by atomic mass is 35.5. The largest absolute Gasteiger partial charge is 0.490 e. The molecule has 3 aromatic rings. The zero-order valence-electron chi connectivity index (χ0n) is 18.4. The number of aromatic nitrogens is 1. The molecule has 0 saturated heterocycles. The van der Waals surface area contributed by atoms with Gasteiger partial charge in [-0.1, -0.05) is 29.0 Å². The molecule has 0 radical (unpaired) electrons. The van der Waals surface area contributed by atoms with E-state index in [0.717, 1.165) is 23.2 Å². The van der Waals surface area contributed by atoms with Crippen LogP contribution in [0.1, 0.15) is 30.6 Å². The van der Waals surface area contributed by atoms with E-state index in [-0.39, 0.29) is 5.91 Å². The van der Waals surface area contributed by atoms with Crippen LogP contribution in [-0.2, 0) is 0 Å². The molecule has 31 heavy (non-hydrogen) atoms. The van der Waals surface area contributed by atoms with E-state index in [0.29, 0.717) is 47.0 Å². The van der Waals surface area contributed by atoms with Crippen molar-refractivity contribution in [3.63, 3.8) is 0 Å². The molecule has 1 heterocycles. The first-order chi connectivity index (χ1) is 14.9. The Balaban J connectivity index is 1.97. The highest BCUT2D eigenvalue weighted by Gasteiger charge is 2.23. The number of anilines is 1. The predicted octanol–water partition coefficient (Wildman–Crippen LogP) is 5.35. The smallest absolute Gasteiger partial charge is 0.260 e. The average Bonchev–Trinajstić information content (AvgIpc) is 3.17. The number of thiazole rings is 1. The summed E-state index contributed by atoms with van der Waals surface area (Å²) >= 11 is 7.79. The van der Waals surface area contributed by atoms with Gasteiger partial charge in [0.25, 0.3) is 5.91 Å². The summed E-state index contributed by atoms with van der Waals surface area (Å²) in [4.78, 5) is 22.1. The molecule has 0 unspecified atom stereocenters. The van der Waals surface area contributed by atoms with Gasteiger partial charge in [-0.15, -0.1) is 0 Å². The SMILES string of the molecule is CCOc1ccc(C(=O)N(CCCN(C)C)c2nc3c(Cl)cccc3s2)cc1OCC. The van der Waals surface area contributed by atoms with Crippen molar-refractivity contribution in [2.75, 3.05) is 45.3 Å². The minimum absolute atomic E-state index is 0.127. The lowest BCUT2D eigenvalue weighted by Gasteiger charge is -2.21. The van der Waals surface area contributed by atoms with Gasteiger partial charge in [0.2, 0.25) is 0 Å². The van der Waals surface area contributed by atoms with E-state index < -0.39 is 0 Å². The van der Waals surface area contributed by atoms with Crippen LogP contribution in [0.5, 0.6) is 11.5 Å². The van der Waals surface area contributed by atoms with Crippen LogP contribution in [0.2, 0.25) is 5.02 Å². The third-order valence-corrected chi connectivity index (χ3v) is 5.96. The minimum Gasteiger partial charge on any atom is -0.490 e. The molecule has 0 atom stereocenters. The summed E-state index contributed by atoms with van der Waals surface area (Å²) in [7, 11) is 4.04. The third-order valence-electron chi connectivity index (χ3n) is 4.61. The van der Waals surface area contributed by atoms with Gasteiger partial charge in [0.1, 0.15) is 5.52 Å². The second-order valence-corrected chi connectivity index (χ2v) is 8.64. The molecular weight excluding hydrogens is 434 g/mol. The summed E-state index contributed by atoms with van der Waals surface area (Å²) in [6.45, 7) is 6.24. The molecule has 166 valence electrons. The second-order valence-electron chi connectivity index (χ2n) is 7.22. The van der Waals surface area contributed by atoms with Crippen LogP contribution in [0.25, 0.3) is 10.2 Å². The van der Waals surface area contributed by atoms with Crippen molar-refractivity contribution in [2.45, 2.75) is 20.3 Å². The van der Waals surface area contributed by atoms with Gasteiger partial charge in [0.15, 0.2) is 16.6 Å². The quantitative estimate of drug-likeness (QED) is 0.407. The molecule has 0 fully saturated rings. The minimum atomic E-state index is -0.127. The molecular formula is C23H28ClN3O3S. The fraction of sp³-hybridized carbons (Fsp3) is 0.391. The van der Waals surface area contributed by atoms with Crippen LogP contribution >= 0.6 is 22.9 Å². The molecule has 0 bridgehead atoms. The number of hydrogen-bond acceptors (Lipinski definition) is 6. The van der Waals surface area contributed by atoms with E-state index in [1.54, 1.807) is 23.1 Å². The van der Waals surface area contributed by atoms with Crippen molar-refractivity contribution in [1.29, 1.82) is 0 Å². The molecule has 1 aromatic heterocycles. The van der Waals surface area contributed by atoms with Crippen LogP contribution in [0, 0.1) is 0 Å². The zero-order valence-corrected chi connectivity index (χ0v) is 19.9. The van der Waals surface area contributed by atoms with Crippen molar-refractivity contribution >= 4 is 44.2 Å². The van der Waals surface area contributed by atoms with Gasteiger partial charge in [-0.25, -0.2) is 4.98 Å². The summed E-state index contributed by atoms with van der Waals surface area (Å²) in [5, 5.41) is 1.22. The monoisotopic (exact) mass is 461 g/mol. The van der Waals surface area contributed by atoms with Gasteiger partial charge in [0.05, 0.1) is 22.9 Å². The summed E-state index contributed by atoms with van der Waals surface area (Å²) < 4.78 is 12.3. The van der Waals surface area contributed by atoms with E-state index in [9.17, 15) is 4.79 Å². The summed E-state index contributed by atoms with van der Waals surface area (Å²) in [5.41, 5.74) is 1.25. The van der Waals surface area contributed by atoms with Crippen molar-refractivity contribution < 1.29 is 14.3 Å². The molecule has 0 aliphatic rings. The van der Waals surface area contributed by atoms with Crippen molar-refractivity contribution in [1.82, 2.24) is 9.88 Å². The van der Waals surface area contributed by atoms with Gasteiger partial charge in [-0.2, -0.15) is 0 Å². The van der Waals surface area contributed by atoms with Crippen molar-refractivity contribution in [2.24, 2.45) is 0 Å². The maximum absolute atomic E-state index is 13.6. The van der Waals surface area contributed by atoms with Crippen molar-refractivity contribution in [3.8, 4) is 11.5 Å². The van der Waals surface area contributed by atoms with E-state index in [1.165, 1.54) is 11.3 Å². The molecule has 6 nitrogen and oxygen atoms in total. The number of para-hydroxylation sites is 1. The Hall–Kier alpha value is -2.35. The Kier molecular flexibility index (Phi) is 8.12. The maximum atomic E-state index is 13.6. The number of amides is 1. The third kappa shape index (κ3) is 5.67. The number of halogens is 1. The zero-order chi connectivity index (χ0) is 22.4. The van der Waals surface area contributed by atoms with Gasteiger partial charge in [-0.05, 0) is 71.2 Å². The van der Waals surface area contributed by atoms with E-state index in [2.05, 4.69) is 9.88 Å². The highest BCUT2D eigenvalue weighted by molar-refractivity contribution is 7.22. The molecule has 0 aliphatic carbocycles. The van der Waals surface area contributed by atoms with Crippen LogP contribution < -0.4 is 14.4 Å². The lowest BCUT2D eigenvalue weighted by molar-refractivity contribution is 0.0985. The maximum Gasteiger partial charge on any atom is 0.260 e. The summed E-state index contributed by atoms with van der Waals surface area (Å²) in [6, 6.07) is 11.0. The number of nitrogens with zero attached hydrogens (tertiary/aromatic N) is 3. The Morgan fingerprint density at radius 1 is 1.06 bits per heavy atom. The topological polar surface area (TPSA) is 54.9 Å². The number of ether oxygens (including phenoxy) is 2. The highest BCUT2D eigenvalue weighted by Crippen LogP contribution is 2.34. The van der Waals surface area contributed by atoms with Crippen LogP contribution in [0.3, 0.4) is 0 Å². The molecule has 0 aliphatic heterocycles. The molecule has 2 aromatic carbocycles. The Morgan fingerprint density at radius 2 is 1.81 bits per heavy atom. The molecule has 0 spiro atoms.